The molecule has 26 heavy (non-hydrogen) atoms. The maximum atomic E-state index is 12.9. The van der Waals surface area contributed by atoms with Gasteiger partial charge in [-0.05, 0) is 43.4 Å². The van der Waals surface area contributed by atoms with Crippen LogP contribution in [0.3, 0.4) is 0 Å². The number of hydrogen-bond donors (Lipinski definition) is 1. The second-order valence-corrected chi connectivity index (χ2v) is 7.24. The molecule has 2 fully saturated rings. The zero-order valence-electron chi connectivity index (χ0n) is 14.8. The van der Waals surface area contributed by atoms with Crippen LogP contribution in [0, 0.1) is 0 Å². The molecule has 0 unspecified atom stereocenters. The minimum absolute atomic E-state index is 0.00240. The van der Waals surface area contributed by atoms with Gasteiger partial charge < -0.3 is 10.2 Å². The van der Waals surface area contributed by atoms with Crippen LogP contribution in [-0.4, -0.2) is 35.3 Å². The highest BCUT2D eigenvalue weighted by Crippen LogP contribution is 2.40. The van der Waals surface area contributed by atoms with Crippen LogP contribution < -0.4 is 5.32 Å². The Morgan fingerprint density at radius 2 is 1.62 bits per heavy atom. The van der Waals surface area contributed by atoms with E-state index in [0.717, 1.165) is 25.7 Å². The molecule has 2 aliphatic rings. The standard InChI is InChI=1S/C22H24N2O2/c25-21(23-19-15-18(19)16-9-3-1-4-10-16)20-13-7-8-14-24(20)22(26)17-11-5-2-6-12-17/h1-6,9-12,18-20H,7-8,13-15H2,(H,23,25)/t18-,19-,20+/m1/s1. The monoisotopic (exact) mass is 348 g/mol. The Morgan fingerprint density at radius 1 is 0.923 bits per heavy atom. The Labute approximate surface area is 154 Å². The minimum atomic E-state index is -0.353. The largest absolute Gasteiger partial charge is 0.351 e. The van der Waals surface area contributed by atoms with Gasteiger partial charge in [0.2, 0.25) is 5.91 Å². The van der Waals surface area contributed by atoms with Gasteiger partial charge >= 0.3 is 0 Å². The van der Waals surface area contributed by atoms with Crippen LogP contribution >= 0.6 is 0 Å². The lowest BCUT2D eigenvalue weighted by atomic mass is 10.00. The van der Waals surface area contributed by atoms with E-state index < -0.39 is 0 Å². The van der Waals surface area contributed by atoms with Crippen molar-refractivity contribution in [2.45, 2.75) is 43.7 Å². The Hall–Kier alpha value is -2.62. The molecule has 134 valence electrons. The fourth-order valence-electron chi connectivity index (χ4n) is 3.90. The molecule has 0 aromatic heterocycles. The Morgan fingerprint density at radius 3 is 2.35 bits per heavy atom. The smallest absolute Gasteiger partial charge is 0.254 e. The fraction of sp³-hybridized carbons (Fsp3) is 0.364. The summed E-state index contributed by atoms with van der Waals surface area (Å²) >= 11 is 0. The summed E-state index contributed by atoms with van der Waals surface area (Å²) in [4.78, 5) is 27.5. The summed E-state index contributed by atoms with van der Waals surface area (Å²) in [5, 5.41) is 3.18. The molecule has 1 aliphatic heterocycles. The molecule has 4 heteroatoms. The second-order valence-electron chi connectivity index (χ2n) is 7.24. The van der Waals surface area contributed by atoms with Crippen molar-refractivity contribution in [3.05, 3.63) is 71.8 Å². The van der Waals surface area contributed by atoms with Gasteiger partial charge in [-0.1, -0.05) is 48.5 Å². The highest BCUT2D eigenvalue weighted by atomic mass is 16.2. The molecule has 0 spiro atoms. The maximum Gasteiger partial charge on any atom is 0.254 e. The number of benzene rings is 2. The summed E-state index contributed by atoms with van der Waals surface area (Å²) in [5.41, 5.74) is 1.93. The van der Waals surface area contributed by atoms with Crippen LogP contribution in [-0.2, 0) is 4.79 Å². The van der Waals surface area contributed by atoms with Gasteiger partial charge in [0.05, 0.1) is 0 Å². The van der Waals surface area contributed by atoms with Crippen LogP contribution in [0.2, 0.25) is 0 Å². The zero-order valence-corrected chi connectivity index (χ0v) is 14.8. The Bertz CT molecular complexity index is 775. The topological polar surface area (TPSA) is 49.4 Å². The van der Waals surface area contributed by atoms with Crippen LogP contribution in [0.25, 0.3) is 0 Å². The van der Waals surface area contributed by atoms with E-state index in [1.54, 1.807) is 4.90 Å². The molecule has 2 amide bonds. The molecule has 3 atom stereocenters. The average molecular weight is 348 g/mol. The van der Waals surface area contributed by atoms with Gasteiger partial charge in [-0.3, -0.25) is 9.59 Å². The van der Waals surface area contributed by atoms with Gasteiger partial charge in [0, 0.05) is 24.1 Å². The van der Waals surface area contributed by atoms with Gasteiger partial charge in [0.25, 0.3) is 5.91 Å². The normalized spacial score (nSPS) is 24.8. The number of carbonyl (C=O) groups excluding carboxylic acids is 2. The fourth-order valence-corrected chi connectivity index (χ4v) is 3.90. The van der Waals surface area contributed by atoms with Crippen molar-refractivity contribution in [2.75, 3.05) is 6.54 Å². The minimum Gasteiger partial charge on any atom is -0.351 e. The number of hydrogen-bond acceptors (Lipinski definition) is 2. The zero-order chi connectivity index (χ0) is 17.9. The van der Waals surface area contributed by atoms with Crippen LogP contribution in [0.1, 0.15) is 47.5 Å². The van der Waals surface area contributed by atoms with E-state index in [9.17, 15) is 9.59 Å². The van der Waals surface area contributed by atoms with E-state index in [1.807, 2.05) is 48.5 Å². The van der Waals surface area contributed by atoms with E-state index in [-0.39, 0.29) is 23.9 Å². The van der Waals surface area contributed by atoms with E-state index in [0.29, 0.717) is 18.0 Å². The highest BCUT2D eigenvalue weighted by Gasteiger charge is 2.42. The number of nitrogens with one attached hydrogen (secondary N) is 1. The Kier molecular flexibility index (Phi) is 4.74. The van der Waals surface area contributed by atoms with Crippen LogP contribution in [0.15, 0.2) is 60.7 Å². The SMILES string of the molecule is O=C(N[C@@H]1C[C@@H]1c1ccccc1)[C@@H]1CCCCN1C(=O)c1ccccc1. The number of nitrogens with zero attached hydrogens (tertiary/aromatic N) is 1. The van der Waals surface area contributed by atoms with E-state index in [1.165, 1.54) is 5.56 Å². The lowest BCUT2D eigenvalue weighted by Gasteiger charge is -2.35. The predicted octanol–water partition coefficient (Wildman–Crippen LogP) is 3.35. The lowest BCUT2D eigenvalue weighted by Crippen LogP contribution is -2.52. The molecule has 4 nitrogen and oxygen atoms in total. The summed E-state index contributed by atoms with van der Waals surface area (Å²) in [5.74, 6) is 0.361. The van der Waals surface area contributed by atoms with Crippen molar-refractivity contribution < 1.29 is 9.59 Å². The summed E-state index contributed by atoms with van der Waals surface area (Å²) in [7, 11) is 0. The summed E-state index contributed by atoms with van der Waals surface area (Å²) in [6.07, 6.45) is 3.67. The molecule has 0 bridgehead atoms. The van der Waals surface area contributed by atoms with Gasteiger partial charge in [-0.15, -0.1) is 0 Å². The summed E-state index contributed by atoms with van der Waals surface area (Å²) in [6.45, 7) is 0.651. The third-order valence-corrected chi connectivity index (χ3v) is 5.43. The molecule has 0 radical (unpaired) electrons. The number of amides is 2. The van der Waals surface area contributed by atoms with Crippen LogP contribution in [0.5, 0.6) is 0 Å². The average Bonchev–Trinajstić information content (AvgIpc) is 3.48. The van der Waals surface area contributed by atoms with Crippen LogP contribution in [0.4, 0.5) is 0 Å². The first-order valence-electron chi connectivity index (χ1n) is 9.45. The summed E-state index contributed by atoms with van der Waals surface area (Å²) < 4.78 is 0. The molecular weight excluding hydrogens is 324 g/mol. The van der Waals surface area contributed by atoms with Crippen molar-refractivity contribution in [2.24, 2.45) is 0 Å². The van der Waals surface area contributed by atoms with Crippen molar-refractivity contribution in [1.29, 1.82) is 0 Å². The van der Waals surface area contributed by atoms with Crippen molar-refractivity contribution >= 4 is 11.8 Å². The molecule has 1 N–H and O–H groups in total. The first-order chi connectivity index (χ1) is 12.7. The number of likely N-dealkylation sites (tertiary alicyclic amines) is 1. The molecule has 2 aromatic carbocycles. The first kappa shape index (κ1) is 16.8. The molecule has 1 aliphatic carbocycles. The number of piperidine rings is 1. The molecule has 1 heterocycles. The first-order valence-corrected chi connectivity index (χ1v) is 9.45. The third-order valence-electron chi connectivity index (χ3n) is 5.43. The van der Waals surface area contributed by atoms with Gasteiger partial charge in [0.15, 0.2) is 0 Å². The molecule has 2 aromatic rings. The summed E-state index contributed by atoms with van der Waals surface area (Å²) in [6, 6.07) is 19.4. The predicted molar refractivity (Wildman–Crippen MR) is 101 cm³/mol. The van der Waals surface area contributed by atoms with Crippen molar-refractivity contribution in [3.63, 3.8) is 0 Å². The van der Waals surface area contributed by atoms with E-state index in [2.05, 4.69) is 17.4 Å². The highest BCUT2D eigenvalue weighted by molar-refractivity contribution is 5.97. The van der Waals surface area contributed by atoms with Gasteiger partial charge in [-0.2, -0.15) is 0 Å². The molecule has 1 saturated carbocycles. The number of carbonyl (C=O) groups is 2. The Balaban J connectivity index is 1.42. The quantitative estimate of drug-likeness (QED) is 0.921. The number of rotatable bonds is 4. The van der Waals surface area contributed by atoms with Gasteiger partial charge in [0.1, 0.15) is 6.04 Å². The van der Waals surface area contributed by atoms with Crippen molar-refractivity contribution in [1.82, 2.24) is 10.2 Å². The van der Waals surface area contributed by atoms with E-state index >= 15 is 0 Å². The third kappa shape index (κ3) is 3.50. The molecule has 4 rings (SSSR count). The maximum absolute atomic E-state index is 12.9. The van der Waals surface area contributed by atoms with Crippen molar-refractivity contribution in [3.8, 4) is 0 Å². The second kappa shape index (κ2) is 7.32. The van der Waals surface area contributed by atoms with E-state index in [4.69, 9.17) is 0 Å². The molecule has 1 saturated heterocycles. The lowest BCUT2D eigenvalue weighted by molar-refractivity contribution is -0.126. The van der Waals surface area contributed by atoms with Gasteiger partial charge in [-0.25, -0.2) is 0 Å². The molecular formula is C22H24N2O2.